The van der Waals surface area contributed by atoms with Gasteiger partial charge in [0.25, 0.3) is 0 Å². The molecule has 1 aromatic heterocycles. The number of nitrogens with one attached hydrogen (secondary N) is 1. The van der Waals surface area contributed by atoms with Crippen molar-refractivity contribution < 1.29 is 0 Å². The van der Waals surface area contributed by atoms with E-state index in [0.29, 0.717) is 5.41 Å². The van der Waals surface area contributed by atoms with E-state index < -0.39 is 0 Å². The molecule has 2 aliphatic rings. The number of pyridine rings is 1. The van der Waals surface area contributed by atoms with Crippen molar-refractivity contribution in [2.45, 2.75) is 25.8 Å². The zero-order chi connectivity index (χ0) is 15.5. The Morgan fingerprint density at radius 2 is 1.88 bits per heavy atom. The minimum atomic E-state index is 0. The molecule has 1 spiro atoms. The van der Waals surface area contributed by atoms with Gasteiger partial charge in [-0.15, -0.1) is 12.4 Å². The Labute approximate surface area is 150 Å². The number of nitrogens with zero attached hydrogens (tertiary/aromatic N) is 2. The Morgan fingerprint density at radius 3 is 2.67 bits per heavy atom. The molecular weight excluding hydrogens is 318 g/mol. The monoisotopic (exact) mass is 343 g/mol. The molecule has 24 heavy (non-hydrogen) atoms. The zero-order valence-electron chi connectivity index (χ0n) is 14.1. The van der Waals surface area contributed by atoms with E-state index >= 15 is 0 Å². The fourth-order valence-corrected chi connectivity index (χ4v) is 4.17. The molecule has 128 valence electrons. The lowest BCUT2D eigenvalue weighted by atomic mass is 9.78. The van der Waals surface area contributed by atoms with E-state index in [4.69, 9.17) is 0 Å². The minimum absolute atomic E-state index is 0. The average Bonchev–Trinajstić information content (AvgIpc) is 2.98. The highest BCUT2D eigenvalue weighted by Gasteiger charge is 2.38. The number of piperidine rings is 1. The van der Waals surface area contributed by atoms with Crippen LogP contribution in [0.3, 0.4) is 0 Å². The van der Waals surface area contributed by atoms with Crippen LogP contribution in [-0.4, -0.2) is 36.1 Å². The van der Waals surface area contributed by atoms with E-state index in [9.17, 15) is 0 Å². The summed E-state index contributed by atoms with van der Waals surface area (Å²) in [5, 5.41) is 3.50. The summed E-state index contributed by atoms with van der Waals surface area (Å²) in [6, 6.07) is 13.1. The van der Waals surface area contributed by atoms with Crippen molar-refractivity contribution in [3.63, 3.8) is 0 Å². The summed E-state index contributed by atoms with van der Waals surface area (Å²) in [5.74, 6) is 0. The molecule has 2 aromatic rings. The van der Waals surface area contributed by atoms with Gasteiger partial charge < -0.3 is 5.32 Å². The van der Waals surface area contributed by atoms with Crippen molar-refractivity contribution in [1.82, 2.24) is 15.2 Å². The quantitative estimate of drug-likeness (QED) is 0.920. The van der Waals surface area contributed by atoms with Gasteiger partial charge in [0, 0.05) is 25.5 Å². The van der Waals surface area contributed by atoms with Crippen LogP contribution < -0.4 is 5.32 Å². The van der Waals surface area contributed by atoms with Gasteiger partial charge in [0.2, 0.25) is 0 Å². The molecule has 0 unspecified atom stereocenters. The lowest BCUT2D eigenvalue weighted by molar-refractivity contribution is 0.194. The number of hydrogen-bond acceptors (Lipinski definition) is 3. The summed E-state index contributed by atoms with van der Waals surface area (Å²) in [6.45, 7) is 5.99. The molecule has 3 nitrogen and oxygen atoms in total. The van der Waals surface area contributed by atoms with Crippen LogP contribution in [0.15, 0.2) is 48.8 Å². The van der Waals surface area contributed by atoms with Gasteiger partial charge in [0.05, 0.1) is 0 Å². The summed E-state index contributed by atoms with van der Waals surface area (Å²) >= 11 is 0. The molecule has 1 aromatic carbocycles. The van der Waals surface area contributed by atoms with Gasteiger partial charge in [-0.3, -0.25) is 9.88 Å². The maximum absolute atomic E-state index is 4.23. The highest BCUT2D eigenvalue weighted by atomic mass is 35.5. The van der Waals surface area contributed by atoms with Gasteiger partial charge in [-0.25, -0.2) is 0 Å². The first kappa shape index (κ1) is 17.4. The summed E-state index contributed by atoms with van der Waals surface area (Å²) in [7, 11) is 0. The fourth-order valence-electron chi connectivity index (χ4n) is 4.17. The van der Waals surface area contributed by atoms with Crippen LogP contribution in [0.1, 0.15) is 24.8 Å². The minimum Gasteiger partial charge on any atom is -0.317 e. The van der Waals surface area contributed by atoms with Gasteiger partial charge in [0.15, 0.2) is 0 Å². The van der Waals surface area contributed by atoms with Crippen molar-refractivity contribution in [1.29, 1.82) is 0 Å². The SMILES string of the molecule is Cl.c1cncc(-c2cccc(CN3CCC4(CCNCC4)C3)c2)c1. The molecule has 0 atom stereocenters. The van der Waals surface area contributed by atoms with Gasteiger partial charge in [-0.2, -0.15) is 0 Å². The standard InChI is InChI=1S/C20H25N3.ClH/c1-3-17(13-18(4-1)19-5-2-9-22-14-19)15-23-12-8-20(16-23)6-10-21-11-7-20;/h1-5,9,13-14,21H,6-8,10-12,15-16H2;1H. The second-order valence-electron chi connectivity index (χ2n) is 7.15. The molecule has 2 fully saturated rings. The second kappa shape index (κ2) is 7.64. The van der Waals surface area contributed by atoms with Crippen LogP contribution in [0.5, 0.6) is 0 Å². The molecule has 0 amide bonds. The Bertz CT molecular complexity index is 653. The first-order chi connectivity index (χ1) is 11.3. The van der Waals surface area contributed by atoms with E-state index in [1.54, 1.807) is 0 Å². The normalized spacial score (nSPS) is 20.0. The van der Waals surface area contributed by atoms with E-state index in [1.165, 1.54) is 62.1 Å². The number of aromatic nitrogens is 1. The molecular formula is C20H26ClN3. The molecule has 2 saturated heterocycles. The predicted molar refractivity (Wildman–Crippen MR) is 101 cm³/mol. The van der Waals surface area contributed by atoms with Crippen molar-refractivity contribution >= 4 is 12.4 Å². The van der Waals surface area contributed by atoms with E-state index in [0.717, 1.165) is 6.54 Å². The lowest BCUT2D eigenvalue weighted by Gasteiger charge is -2.34. The number of likely N-dealkylation sites (tertiary alicyclic amines) is 1. The Balaban J connectivity index is 0.00000169. The number of benzene rings is 1. The molecule has 0 aliphatic carbocycles. The van der Waals surface area contributed by atoms with Crippen molar-refractivity contribution in [2.24, 2.45) is 5.41 Å². The van der Waals surface area contributed by atoms with Gasteiger partial charge in [-0.05, 0) is 73.1 Å². The fraction of sp³-hybridized carbons (Fsp3) is 0.450. The molecule has 4 heteroatoms. The molecule has 0 saturated carbocycles. The first-order valence-electron chi connectivity index (χ1n) is 8.76. The maximum atomic E-state index is 4.23. The van der Waals surface area contributed by atoms with Gasteiger partial charge in [0.1, 0.15) is 0 Å². The summed E-state index contributed by atoms with van der Waals surface area (Å²) in [5.41, 5.74) is 4.47. The molecule has 2 aliphatic heterocycles. The smallest absolute Gasteiger partial charge is 0.0346 e. The van der Waals surface area contributed by atoms with E-state index in [1.807, 2.05) is 18.5 Å². The van der Waals surface area contributed by atoms with Crippen molar-refractivity contribution in [2.75, 3.05) is 26.2 Å². The third-order valence-electron chi connectivity index (χ3n) is 5.51. The highest BCUT2D eigenvalue weighted by molar-refractivity contribution is 5.85. The number of halogens is 1. The van der Waals surface area contributed by atoms with Crippen molar-refractivity contribution in [3.05, 3.63) is 54.4 Å². The molecule has 3 heterocycles. The molecule has 4 rings (SSSR count). The second-order valence-corrected chi connectivity index (χ2v) is 7.15. The molecule has 1 N–H and O–H groups in total. The van der Waals surface area contributed by atoms with Gasteiger partial charge >= 0.3 is 0 Å². The summed E-state index contributed by atoms with van der Waals surface area (Å²) < 4.78 is 0. The highest BCUT2D eigenvalue weighted by Crippen LogP contribution is 2.39. The largest absolute Gasteiger partial charge is 0.317 e. The summed E-state index contributed by atoms with van der Waals surface area (Å²) in [6.07, 6.45) is 7.84. The molecule has 0 radical (unpaired) electrons. The third-order valence-corrected chi connectivity index (χ3v) is 5.51. The third kappa shape index (κ3) is 3.80. The molecule has 0 bridgehead atoms. The van der Waals surface area contributed by atoms with E-state index in [-0.39, 0.29) is 12.4 Å². The number of rotatable bonds is 3. The van der Waals surface area contributed by atoms with Crippen LogP contribution >= 0.6 is 12.4 Å². The Morgan fingerprint density at radius 1 is 1.04 bits per heavy atom. The van der Waals surface area contributed by atoms with Gasteiger partial charge in [-0.1, -0.05) is 24.3 Å². The Kier molecular flexibility index (Phi) is 5.54. The number of hydrogen-bond donors (Lipinski definition) is 1. The zero-order valence-corrected chi connectivity index (χ0v) is 14.9. The predicted octanol–water partition coefficient (Wildman–Crippen LogP) is 3.75. The summed E-state index contributed by atoms with van der Waals surface area (Å²) in [4.78, 5) is 6.88. The van der Waals surface area contributed by atoms with Crippen LogP contribution in [0.25, 0.3) is 11.1 Å². The Hall–Kier alpha value is -1.42. The van der Waals surface area contributed by atoms with Crippen LogP contribution in [0.2, 0.25) is 0 Å². The average molecular weight is 344 g/mol. The van der Waals surface area contributed by atoms with Crippen LogP contribution in [0, 0.1) is 5.41 Å². The van der Waals surface area contributed by atoms with E-state index in [2.05, 4.69) is 45.5 Å². The lowest BCUT2D eigenvalue weighted by Crippen LogP contribution is -2.38. The maximum Gasteiger partial charge on any atom is 0.0346 e. The van der Waals surface area contributed by atoms with Crippen LogP contribution in [0.4, 0.5) is 0 Å². The topological polar surface area (TPSA) is 28.2 Å². The van der Waals surface area contributed by atoms with Crippen LogP contribution in [-0.2, 0) is 6.54 Å². The van der Waals surface area contributed by atoms with Crippen molar-refractivity contribution in [3.8, 4) is 11.1 Å². The first-order valence-corrected chi connectivity index (χ1v) is 8.76.